The van der Waals surface area contributed by atoms with E-state index in [0.29, 0.717) is 28.7 Å². The van der Waals surface area contributed by atoms with Crippen molar-refractivity contribution in [2.75, 3.05) is 28.4 Å². The zero-order valence-corrected chi connectivity index (χ0v) is 17.3. The molecule has 6 nitrogen and oxygen atoms in total. The first-order chi connectivity index (χ1) is 13.4. The number of rotatable bonds is 9. The van der Waals surface area contributed by atoms with Gasteiger partial charge in [-0.15, -0.1) is 0 Å². The molecule has 0 aromatic heterocycles. The van der Waals surface area contributed by atoms with Gasteiger partial charge in [0.15, 0.2) is 23.0 Å². The molecular formula is C22H29NO5. The van der Waals surface area contributed by atoms with Gasteiger partial charge >= 0.3 is 0 Å². The first kappa shape index (κ1) is 21.4. The summed E-state index contributed by atoms with van der Waals surface area (Å²) >= 11 is 0. The van der Waals surface area contributed by atoms with Crippen LogP contribution in [0.3, 0.4) is 0 Å². The number of benzene rings is 2. The average Bonchev–Trinajstić information content (AvgIpc) is 2.71. The van der Waals surface area contributed by atoms with Gasteiger partial charge in [-0.2, -0.15) is 0 Å². The van der Waals surface area contributed by atoms with E-state index in [2.05, 4.69) is 0 Å². The average molecular weight is 387 g/mol. The number of hydrogen-bond donors (Lipinski definition) is 1. The van der Waals surface area contributed by atoms with Crippen molar-refractivity contribution in [3.63, 3.8) is 0 Å². The highest BCUT2D eigenvalue weighted by atomic mass is 16.5. The van der Waals surface area contributed by atoms with Gasteiger partial charge in [-0.05, 0) is 49.2 Å². The summed E-state index contributed by atoms with van der Waals surface area (Å²) in [5.74, 6) is 3.08. The van der Waals surface area contributed by atoms with Crippen molar-refractivity contribution in [2.45, 2.75) is 26.0 Å². The van der Waals surface area contributed by atoms with Crippen LogP contribution in [0, 0.1) is 0 Å². The lowest BCUT2D eigenvalue weighted by molar-refractivity contribution is 0.188. The van der Waals surface area contributed by atoms with E-state index in [4.69, 9.17) is 29.4 Å². The van der Waals surface area contributed by atoms with Crippen molar-refractivity contribution in [1.29, 1.82) is 0 Å². The molecule has 152 valence electrons. The summed E-state index contributed by atoms with van der Waals surface area (Å²) in [6, 6.07) is 9.43. The second-order valence-corrected chi connectivity index (χ2v) is 6.38. The Kier molecular flexibility index (Phi) is 7.58. The summed E-state index contributed by atoms with van der Waals surface area (Å²) in [5.41, 5.74) is 7.79. The van der Waals surface area contributed by atoms with Gasteiger partial charge in [0.1, 0.15) is 6.10 Å². The van der Waals surface area contributed by atoms with Crippen molar-refractivity contribution < 1.29 is 23.7 Å². The Balaban J connectivity index is 2.33. The molecule has 0 bridgehead atoms. The van der Waals surface area contributed by atoms with Crippen molar-refractivity contribution in [3.05, 3.63) is 41.5 Å². The molecule has 2 atom stereocenters. The lowest BCUT2D eigenvalue weighted by Gasteiger charge is -2.20. The first-order valence-corrected chi connectivity index (χ1v) is 9.01. The monoisotopic (exact) mass is 387 g/mol. The van der Waals surface area contributed by atoms with Crippen LogP contribution < -0.4 is 29.4 Å². The predicted molar refractivity (Wildman–Crippen MR) is 112 cm³/mol. The van der Waals surface area contributed by atoms with Crippen LogP contribution in [0.25, 0.3) is 12.2 Å². The maximum atomic E-state index is 5.95. The van der Waals surface area contributed by atoms with Crippen LogP contribution >= 0.6 is 0 Å². The van der Waals surface area contributed by atoms with E-state index in [9.17, 15) is 0 Å². The molecule has 28 heavy (non-hydrogen) atoms. The molecule has 6 heteroatoms. The molecule has 0 spiro atoms. The van der Waals surface area contributed by atoms with Gasteiger partial charge in [0, 0.05) is 6.04 Å². The van der Waals surface area contributed by atoms with Crippen molar-refractivity contribution in [3.8, 4) is 28.7 Å². The molecule has 0 aliphatic heterocycles. The number of hydrogen-bond acceptors (Lipinski definition) is 6. The summed E-state index contributed by atoms with van der Waals surface area (Å²) < 4.78 is 27.5. The van der Waals surface area contributed by atoms with Crippen molar-refractivity contribution in [1.82, 2.24) is 0 Å². The lowest BCUT2D eigenvalue weighted by Crippen LogP contribution is -2.33. The molecule has 2 aromatic carbocycles. The Morgan fingerprint density at radius 3 is 1.75 bits per heavy atom. The van der Waals surface area contributed by atoms with Crippen molar-refractivity contribution >= 4 is 12.2 Å². The number of nitrogens with two attached hydrogens (primary N) is 1. The molecule has 0 saturated heterocycles. The topological polar surface area (TPSA) is 72.2 Å². The van der Waals surface area contributed by atoms with Crippen LogP contribution in [-0.2, 0) is 0 Å². The highest BCUT2D eigenvalue weighted by Gasteiger charge is 2.14. The minimum absolute atomic E-state index is 0.0943. The summed E-state index contributed by atoms with van der Waals surface area (Å²) in [6.45, 7) is 3.84. The standard InChI is InChI=1S/C22H29NO5/c1-14(23)15(2)28-19-11-16(9-10-18(19)24-3)7-8-17-12-20(25-4)22(27-6)21(13-17)26-5/h7-15H,23H2,1-6H3/b8-7-/t14?,15-/m1/s1. The molecule has 0 heterocycles. The normalized spacial score (nSPS) is 13.1. The third kappa shape index (κ3) is 5.10. The highest BCUT2D eigenvalue weighted by Crippen LogP contribution is 2.38. The molecule has 0 fully saturated rings. The van der Waals surface area contributed by atoms with Gasteiger partial charge in [-0.3, -0.25) is 0 Å². The molecule has 0 aliphatic rings. The van der Waals surface area contributed by atoms with Gasteiger partial charge in [0.25, 0.3) is 0 Å². The number of methoxy groups -OCH3 is 4. The van der Waals surface area contributed by atoms with Gasteiger partial charge in [0.2, 0.25) is 5.75 Å². The van der Waals surface area contributed by atoms with Crippen molar-refractivity contribution in [2.24, 2.45) is 5.73 Å². The first-order valence-electron chi connectivity index (χ1n) is 9.01. The minimum atomic E-state index is -0.136. The fourth-order valence-electron chi connectivity index (χ4n) is 2.59. The van der Waals surface area contributed by atoms with E-state index in [0.717, 1.165) is 11.1 Å². The van der Waals surface area contributed by atoms with E-state index in [1.54, 1.807) is 28.4 Å². The van der Waals surface area contributed by atoms with Gasteiger partial charge in [-0.25, -0.2) is 0 Å². The van der Waals surface area contributed by atoms with E-state index < -0.39 is 0 Å². The fraction of sp³-hybridized carbons (Fsp3) is 0.364. The molecule has 0 saturated carbocycles. The van der Waals surface area contributed by atoms with Gasteiger partial charge in [-0.1, -0.05) is 18.2 Å². The van der Waals surface area contributed by atoms with E-state index >= 15 is 0 Å². The lowest BCUT2D eigenvalue weighted by atomic mass is 10.1. The third-order valence-corrected chi connectivity index (χ3v) is 4.40. The summed E-state index contributed by atoms with van der Waals surface area (Å²) in [4.78, 5) is 0. The van der Waals surface area contributed by atoms with Crippen LogP contribution in [0.4, 0.5) is 0 Å². The third-order valence-electron chi connectivity index (χ3n) is 4.40. The highest BCUT2D eigenvalue weighted by molar-refractivity contribution is 5.73. The Morgan fingerprint density at radius 1 is 0.714 bits per heavy atom. The predicted octanol–water partition coefficient (Wildman–Crippen LogP) is 4.01. The molecule has 2 aromatic rings. The Morgan fingerprint density at radius 2 is 1.25 bits per heavy atom. The van der Waals surface area contributed by atoms with Crippen LogP contribution in [0.1, 0.15) is 25.0 Å². The van der Waals surface area contributed by atoms with E-state index in [1.807, 2.05) is 56.3 Å². The molecule has 0 radical (unpaired) electrons. The second kappa shape index (κ2) is 9.90. The van der Waals surface area contributed by atoms with Crippen LogP contribution in [0.15, 0.2) is 30.3 Å². The molecule has 2 N–H and O–H groups in total. The van der Waals surface area contributed by atoms with Gasteiger partial charge < -0.3 is 29.4 Å². The van der Waals surface area contributed by atoms with Crippen LogP contribution in [-0.4, -0.2) is 40.6 Å². The second-order valence-electron chi connectivity index (χ2n) is 6.38. The quantitative estimate of drug-likeness (QED) is 0.656. The number of ether oxygens (including phenoxy) is 5. The smallest absolute Gasteiger partial charge is 0.203 e. The van der Waals surface area contributed by atoms with Crippen LogP contribution in [0.2, 0.25) is 0 Å². The molecule has 2 rings (SSSR count). The van der Waals surface area contributed by atoms with Crippen LogP contribution in [0.5, 0.6) is 28.7 Å². The Labute approximate surface area is 166 Å². The largest absolute Gasteiger partial charge is 0.493 e. The zero-order valence-electron chi connectivity index (χ0n) is 17.3. The molecule has 0 amide bonds. The minimum Gasteiger partial charge on any atom is -0.493 e. The maximum absolute atomic E-state index is 5.95. The Hall–Kier alpha value is -2.86. The summed E-state index contributed by atoms with van der Waals surface area (Å²) in [6.07, 6.45) is 3.80. The van der Waals surface area contributed by atoms with E-state index in [1.165, 1.54) is 0 Å². The zero-order chi connectivity index (χ0) is 20.7. The molecule has 0 aliphatic carbocycles. The summed E-state index contributed by atoms with van der Waals surface area (Å²) in [5, 5.41) is 0. The molecular weight excluding hydrogens is 358 g/mol. The summed E-state index contributed by atoms with van der Waals surface area (Å²) in [7, 11) is 6.39. The van der Waals surface area contributed by atoms with Gasteiger partial charge in [0.05, 0.1) is 28.4 Å². The Bertz CT molecular complexity index is 792. The maximum Gasteiger partial charge on any atom is 0.203 e. The fourth-order valence-corrected chi connectivity index (χ4v) is 2.59. The SMILES string of the molecule is COc1ccc(/C=C\c2cc(OC)c(OC)c(OC)c2)cc1O[C@H](C)C(C)N. The van der Waals surface area contributed by atoms with E-state index in [-0.39, 0.29) is 12.1 Å². The molecule has 1 unspecified atom stereocenters.